The number of ketones is 1. The van der Waals surface area contributed by atoms with E-state index in [0.29, 0.717) is 17.7 Å². The van der Waals surface area contributed by atoms with E-state index in [1.54, 1.807) is 6.92 Å². The van der Waals surface area contributed by atoms with Crippen LogP contribution in [0.2, 0.25) is 0 Å². The maximum Gasteiger partial charge on any atom is 0.268 e. The van der Waals surface area contributed by atoms with Gasteiger partial charge in [0.1, 0.15) is 5.69 Å². The molecule has 1 unspecified atom stereocenters. The highest BCUT2D eigenvalue weighted by Gasteiger charge is 2.23. The number of H-pyrrole nitrogens is 1. The lowest BCUT2D eigenvalue weighted by atomic mass is 10.0. The molecule has 1 atom stereocenters. The molecule has 2 aromatic rings. The Labute approximate surface area is 157 Å². The van der Waals surface area contributed by atoms with Crippen molar-refractivity contribution in [3.05, 3.63) is 56.8 Å². The molecule has 0 radical (unpaired) electrons. The Morgan fingerprint density at radius 2 is 1.88 bits per heavy atom. The molecule has 1 aromatic heterocycles. The van der Waals surface area contributed by atoms with Crippen molar-refractivity contribution >= 4 is 27.6 Å². The molecule has 0 saturated carbocycles. The van der Waals surface area contributed by atoms with E-state index < -0.39 is 0 Å². The molecule has 0 bridgehead atoms. The quantitative estimate of drug-likeness (QED) is 0.662. The summed E-state index contributed by atoms with van der Waals surface area (Å²) in [5, 5.41) is 3.04. The van der Waals surface area contributed by atoms with Gasteiger partial charge in [0, 0.05) is 21.8 Å². The number of hydrogen-bond donors (Lipinski definition) is 2. The largest absolute Gasteiger partial charge is 0.354 e. The molecule has 0 aliphatic heterocycles. The number of halogens is 1. The fraction of sp³-hybridized carbons (Fsp3) is 0.400. The van der Waals surface area contributed by atoms with Crippen molar-refractivity contribution in [1.82, 2.24) is 10.3 Å². The number of aromatic amines is 1. The van der Waals surface area contributed by atoms with E-state index in [4.69, 9.17) is 0 Å². The number of hydrogen-bond acceptors (Lipinski definition) is 2. The van der Waals surface area contributed by atoms with E-state index in [1.807, 2.05) is 45.0 Å². The molecule has 0 spiro atoms. The van der Waals surface area contributed by atoms with Crippen LogP contribution in [0.5, 0.6) is 0 Å². The van der Waals surface area contributed by atoms with Gasteiger partial charge < -0.3 is 10.3 Å². The number of nitrogens with one attached hydrogen (secondary N) is 2. The molecule has 4 nitrogen and oxygen atoms in total. The first-order chi connectivity index (χ1) is 11.8. The molecular weight excluding hydrogens is 380 g/mol. The van der Waals surface area contributed by atoms with Gasteiger partial charge in [-0.25, -0.2) is 0 Å². The van der Waals surface area contributed by atoms with E-state index in [9.17, 15) is 9.59 Å². The minimum Gasteiger partial charge on any atom is -0.354 e. The molecule has 2 N–H and O–H groups in total. The Morgan fingerprint density at radius 3 is 2.44 bits per heavy atom. The summed E-state index contributed by atoms with van der Waals surface area (Å²) in [6.07, 6.45) is 2.34. The number of rotatable bonds is 7. The van der Waals surface area contributed by atoms with E-state index in [2.05, 4.69) is 26.2 Å². The average molecular weight is 405 g/mol. The van der Waals surface area contributed by atoms with Crippen LogP contribution in [0.15, 0.2) is 28.7 Å². The summed E-state index contributed by atoms with van der Waals surface area (Å²) in [6, 6.07) is 8.07. The number of carbonyl (C=O) groups is 2. The van der Waals surface area contributed by atoms with E-state index in [1.165, 1.54) is 0 Å². The smallest absolute Gasteiger partial charge is 0.268 e. The molecule has 1 heterocycles. The third kappa shape index (κ3) is 4.82. The fourth-order valence-corrected chi connectivity index (χ4v) is 3.43. The second-order valence-corrected chi connectivity index (χ2v) is 7.41. The number of aromatic nitrogens is 1. The molecular formula is C20H25BrN2O2. The highest BCUT2D eigenvalue weighted by molar-refractivity contribution is 9.10. The maximum absolute atomic E-state index is 12.7. The van der Waals surface area contributed by atoms with E-state index >= 15 is 0 Å². The predicted octanol–water partition coefficient (Wildman–Crippen LogP) is 4.60. The second kappa shape index (κ2) is 8.48. The van der Waals surface area contributed by atoms with Gasteiger partial charge in [0.15, 0.2) is 5.78 Å². The van der Waals surface area contributed by atoms with Crippen LogP contribution in [-0.2, 0) is 12.8 Å². The first kappa shape index (κ1) is 19.4. The van der Waals surface area contributed by atoms with Crippen molar-refractivity contribution < 1.29 is 9.59 Å². The molecule has 0 saturated heterocycles. The molecule has 25 heavy (non-hydrogen) atoms. The van der Waals surface area contributed by atoms with Crippen LogP contribution < -0.4 is 5.32 Å². The summed E-state index contributed by atoms with van der Waals surface area (Å²) in [7, 11) is 0. The molecule has 0 fully saturated rings. The third-order valence-corrected chi connectivity index (χ3v) is 4.73. The summed E-state index contributed by atoms with van der Waals surface area (Å²) in [5.41, 5.74) is 3.94. The van der Waals surface area contributed by atoms with Crippen molar-refractivity contribution in [2.75, 3.05) is 0 Å². The first-order valence-electron chi connectivity index (χ1n) is 8.61. The highest BCUT2D eigenvalue weighted by atomic mass is 79.9. The Morgan fingerprint density at radius 1 is 1.24 bits per heavy atom. The zero-order valence-corrected chi connectivity index (χ0v) is 16.8. The van der Waals surface area contributed by atoms with Gasteiger partial charge in [-0.3, -0.25) is 9.59 Å². The van der Waals surface area contributed by atoms with Crippen molar-refractivity contribution in [2.24, 2.45) is 0 Å². The monoisotopic (exact) mass is 404 g/mol. The van der Waals surface area contributed by atoms with Crippen molar-refractivity contribution in [3.8, 4) is 0 Å². The zero-order chi connectivity index (χ0) is 18.6. The lowest BCUT2D eigenvalue weighted by molar-refractivity contribution is 0.0934. The third-order valence-electron chi connectivity index (χ3n) is 4.20. The van der Waals surface area contributed by atoms with Gasteiger partial charge >= 0.3 is 0 Å². The van der Waals surface area contributed by atoms with Gasteiger partial charge in [-0.1, -0.05) is 41.4 Å². The number of Topliss-reactive ketones (excluding diaryl/α,β-unsaturated/α-hetero) is 1. The lowest BCUT2D eigenvalue weighted by Gasteiger charge is -2.14. The van der Waals surface area contributed by atoms with Gasteiger partial charge in [0.25, 0.3) is 5.91 Å². The molecule has 134 valence electrons. The molecule has 0 aliphatic rings. The molecule has 1 amide bonds. The maximum atomic E-state index is 12.7. The summed E-state index contributed by atoms with van der Waals surface area (Å²) in [6.45, 7) is 7.43. The van der Waals surface area contributed by atoms with Crippen LogP contribution in [0.3, 0.4) is 0 Å². The van der Waals surface area contributed by atoms with Gasteiger partial charge in [-0.05, 0) is 56.9 Å². The highest BCUT2D eigenvalue weighted by Crippen LogP contribution is 2.21. The van der Waals surface area contributed by atoms with E-state index in [0.717, 1.165) is 34.1 Å². The predicted molar refractivity (Wildman–Crippen MR) is 104 cm³/mol. The van der Waals surface area contributed by atoms with Crippen LogP contribution in [0, 0.1) is 6.92 Å². The van der Waals surface area contributed by atoms with Crippen molar-refractivity contribution in [3.63, 3.8) is 0 Å². The number of carbonyl (C=O) groups excluding carboxylic acids is 2. The van der Waals surface area contributed by atoms with Crippen LogP contribution in [0.1, 0.15) is 64.9 Å². The fourth-order valence-electron chi connectivity index (χ4n) is 3.17. The Kier molecular flexibility index (Phi) is 6.59. The molecule has 2 rings (SSSR count). The minimum atomic E-state index is -0.149. The van der Waals surface area contributed by atoms with Gasteiger partial charge in [0.05, 0.1) is 0 Å². The van der Waals surface area contributed by atoms with Gasteiger partial charge in [0.2, 0.25) is 0 Å². The van der Waals surface area contributed by atoms with Crippen LogP contribution in [0.25, 0.3) is 0 Å². The Bertz CT molecular complexity index is 763. The van der Waals surface area contributed by atoms with Gasteiger partial charge in [-0.2, -0.15) is 0 Å². The standard InChI is InChI=1S/C20H25BrN2O2/c1-5-6-17-18(14(4)24)13(3)23-19(17)20(25)22-12(2)11-15-7-9-16(21)10-8-15/h7-10,12,23H,5-6,11H2,1-4H3,(H,22,25). The second-order valence-electron chi connectivity index (χ2n) is 6.49. The molecule has 5 heteroatoms. The molecule has 1 aromatic carbocycles. The van der Waals surface area contributed by atoms with Crippen LogP contribution in [0.4, 0.5) is 0 Å². The minimum absolute atomic E-state index is 0.000777. The Balaban J connectivity index is 2.15. The summed E-state index contributed by atoms with van der Waals surface area (Å²) in [4.78, 5) is 27.8. The number of aryl methyl sites for hydroxylation is 1. The first-order valence-corrected chi connectivity index (χ1v) is 9.40. The van der Waals surface area contributed by atoms with Gasteiger partial charge in [-0.15, -0.1) is 0 Å². The summed E-state index contributed by atoms with van der Waals surface area (Å²) < 4.78 is 1.04. The van der Waals surface area contributed by atoms with E-state index in [-0.39, 0.29) is 17.7 Å². The average Bonchev–Trinajstić information content (AvgIpc) is 2.86. The summed E-state index contributed by atoms with van der Waals surface area (Å²) in [5.74, 6) is -0.150. The summed E-state index contributed by atoms with van der Waals surface area (Å²) >= 11 is 3.42. The number of amides is 1. The van der Waals surface area contributed by atoms with Crippen molar-refractivity contribution in [2.45, 2.75) is 53.0 Å². The molecule has 0 aliphatic carbocycles. The SMILES string of the molecule is CCCc1c(C(=O)NC(C)Cc2ccc(Br)cc2)[nH]c(C)c1C(C)=O. The normalized spacial score (nSPS) is 12.0. The van der Waals surface area contributed by atoms with Crippen LogP contribution >= 0.6 is 15.9 Å². The topological polar surface area (TPSA) is 62.0 Å². The zero-order valence-electron chi connectivity index (χ0n) is 15.2. The Hall–Kier alpha value is -1.88. The van der Waals surface area contributed by atoms with Crippen molar-refractivity contribution in [1.29, 1.82) is 0 Å². The number of benzene rings is 1. The van der Waals surface area contributed by atoms with Crippen LogP contribution in [-0.4, -0.2) is 22.7 Å². The lowest BCUT2D eigenvalue weighted by Crippen LogP contribution is -2.34.